The van der Waals surface area contributed by atoms with Crippen LogP contribution in [0.4, 0.5) is 5.69 Å². The normalized spacial score (nSPS) is 23.6. The van der Waals surface area contributed by atoms with Crippen LogP contribution in [0.25, 0.3) is 0 Å². The van der Waals surface area contributed by atoms with Crippen molar-refractivity contribution in [1.82, 2.24) is 14.7 Å². The Hall–Kier alpha value is -2.74. The SMILES string of the molecule is CCC(=O)N(CCN1CCN(C(=O)c2ccc([N+](=O)[O-])cc2)CC1)CC1=CCC2CC1C2(C)C. The van der Waals surface area contributed by atoms with Crippen molar-refractivity contribution in [2.45, 2.75) is 40.0 Å². The van der Waals surface area contributed by atoms with Crippen LogP contribution >= 0.6 is 0 Å². The van der Waals surface area contributed by atoms with Gasteiger partial charge >= 0.3 is 0 Å². The molecule has 0 aromatic heterocycles. The molecule has 2 atom stereocenters. The lowest BCUT2D eigenvalue weighted by Crippen LogP contribution is -2.52. The van der Waals surface area contributed by atoms with Gasteiger partial charge < -0.3 is 9.80 Å². The fourth-order valence-corrected chi connectivity index (χ4v) is 5.74. The van der Waals surface area contributed by atoms with Gasteiger partial charge in [-0.3, -0.25) is 24.6 Å². The zero-order valence-corrected chi connectivity index (χ0v) is 20.5. The summed E-state index contributed by atoms with van der Waals surface area (Å²) in [4.78, 5) is 42.0. The van der Waals surface area contributed by atoms with Gasteiger partial charge in [-0.15, -0.1) is 0 Å². The summed E-state index contributed by atoms with van der Waals surface area (Å²) in [5, 5.41) is 10.8. The van der Waals surface area contributed by atoms with Crippen molar-refractivity contribution in [2.75, 3.05) is 45.8 Å². The number of benzene rings is 1. The number of nitrogens with zero attached hydrogens (tertiary/aromatic N) is 4. The second kappa shape index (κ2) is 9.86. The first-order valence-electron chi connectivity index (χ1n) is 12.4. The third-order valence-corrected chi connectivity index (χ3v) is 8.28. The Morgan fingerprint density at radius 2 is 1.82 bits per heavy atom. The highest BCUT2D eigenvalue weighted by molar-refractivity contribution is 5.94. The van der Waals surface area contributed by atoms with Gasteiger partial charge in [0.1, 0.15) is 0 Å². The quantitative estimate of drug-likeness (QED) is 0.331. The molecule has 1 aliphatic heterocycles. The number of nitro groups is 1. The molecule has 0 spiro atoms. The molecule has 2 fully saturated rings. The van der Waals surface area contributed by atoms with Gasteiger partial charge in [-0.2, -0.15) is 0 Å². The average molecular weight is 469 g/mol. The van der Waals surface area contributed by atoms with Gasteiger partial charge in [0.05, 0.1) is 4.92 Å². The van der Waals surface area contributed by atoms with E-state index in [2.05, 4.69) is 24.8 Å². The zero-order valence-electron chi connectivity index (χ0n) is 20.5. The monoisotopic (exact) mass is 468 g/mol. The molecule has 0 radical (unpaired) electrons. The minimum absolute atomic E-state index is 0.0165. The highest BCUT2D eigenvalue weighted by Crippen LogP contribution is 2.59. The molecule has 1 aromatic rings. The Morgan fingerprint density at radius 3 is 2.38 bits per heavy atom. The number of hydrogen-bond acceptors (Lipinski definition) is 5. The van der Waals surface area contributed by atoms with Gasteiger partial charge in [0.2, 0.25) is 5.91 Å². The van der Waals surface area contributed by atoms with E-state index in [1.54, 1.807) is 4.90 Å². The topological polar surface area (TPSA) is 87.0 Å². The predicted molar refractivity (Wildman–Crippen MR) is 130 cm³/mol. The number of piperazine rings is 1. The van der Waals surface area contributed by atoms with Gasteiger partial charge in [-0.05, 0) is 42.2 Å². The molecule has 0 N–H and O–H groups in total. The molecule has 1 aromatic carbocycles. The highest BCUT2D eigenvalue weighted by atomic mass is 16.6. The number of carbonyl (C=O) groups is 2. The zero-order chi connectivity index (χ0) is 24.5. The van der Waals surface area contributed by atoms with E-state index >= 15 is 0 Å². The van der Waals surface area contributed by atoms with Crippen LogP contribution in [0.1, 0.15) is 50.4 Å². The van der Waals surface area contributed by atoms with Gasteiger partial charge in [-0.25, -0.2) is 0 Å². The van der Waals surface area contributed by atoms with Crippen LogP contribution in [-0.4, -0.2) is 77.3 Å². The third kappa shape index (κ3) is 4.87. The van der Waals surface area contributed by atoms with Crippen molar-refractivity contribution in [1.29, 1.82) is 0 Å². The van der Waals surface area contributed by atoms with Gasteiger partial charge in [0.25, 0.3) is 11.6 Å². The highest BCUT2D eigenvalue weighted by Gasteiger charge is 2.51. The molecular weight excluding hydrogens is 432 g/mol. The maximum Gasteiger partial charge on any atom is 0.269 e. The molecule has 2 amide bonds. The fraction of sp³-hybridized carbons (Fsp3) is 0.615. The largest absolute Gasteiger partial charge is 0.337 e. The number of amides is 2. The van der Waals surface area contributed by atoms with Crippen molar-refractivity contribution in [2.24, 2.45) is 17.3 Å². The second-order valence-electron chi connectivity index (χ2n) is 10.4. The molecule has 184 valence electrons. The Balaban J connectivity index is 1.28. The second-order valence-corrected chi connectivity index (χ2v) is 10.4. The molecule has 3 aliphatic carbocycles. The van der Waals surface area contributed by atoms with E-state index < -0.39 is 4.92 Å². The van der Waals surface area contributed by atoms with Crippen LogP contribution in [0.15, 0.2) is 35.9 Å². The van der Waals surface area contributed by atoms with Crippen molar-refractivity contribution >= 4 is 17.5 Å². The van der Waals surface area contributed by atoms with Crippen LogP contribution in [0.2, 0.25) is 0 Å². The summed E-state index contributed by atoms with van der Waals surface area (Å²) >= 11 is 0. The standard InChI is InChI=1S/C26H36N4O4/c1-4-24(31)29(18-20-5-8-21-17-23(20)26(21,2)3)16-13-27-11-14-28(15-12-27)25(32)19-6-9-22(10-7-19)30(33)34/h5-7,9-10,21,23H,4,8,11-18H2,1-3H3. The lowest BCUT2D eigenvalue weighted by atomic mass is 9.49. The smallest absolute Gasteiger partial charge is 0.269 e. The van der Waals surface area contributed by atoms with Crippen LogP contribution in [0, 0.1) is 27.4 Å². The van der Waals surface area contributed by atoms with E-state index in [1.165, 1.54) is 36.3 Å². The van der Waals surface area contributed by atoms with Crippen LogP contribution < -0.4 is 0 Å². The number of rotatable bonds is 8. The Morgan fingerprint density at radius 1 is 1.15 bits per heavy atom. The number of fused-ring (bicyclic) bond motifs is 1. The summed E-state index contributed by atoms with van der Waals surface area (Å²) in [6, 6.07) is 5.78. The molecule has 8 heteroatoms. The minimum Gasteiger partial charge on any atom is -0.337 e. The lowest BCUT2D eigenvalue weighted by molar-refractivity contribution is -0.384. The fourth-order valence-electron chi connectivity index (χ4n) is 5.74. The lowest BCUT2D eigenvalue weighted by Gasteiger charge is -2.57. The number of hydrogen-bond donors (Lipinski definition) is 0. The molecular formula is C26H36N4O4. The molecule has 1 saturated heterocycles. The maximum absolute atomic E-state index is 12.8. The molecule has 34 heavy (non-hydrogen) atoms. The van der Waals surface area contributed by atoms with Gasteiger partial charge in [-0.1, -0.05) is 32.4 Å². The summed E-state index contributed by atoms with van der Waals surface area (Å²) < 4.78 is 0. The van der Waals surface area contributed by atoms with Crippen molar-refractivity contribution < 1.29 is 14.5 Å². The first-order chi connectivity index (χ1) is 16.2. The van der Waals surface area contributed by atoms with E-state index in [4.69, 9.17) is 0 Å². The van der Waals surface area contributed by atoms with E-state index in [-0.39, 0.29) is 17.5 Å². The minimum atomic E-state index is -0.464. The van der Waals surface area contributed by atoms with Gasteiger partial charge in [0.15, 0.2) is 0 Å². The molecule has 8 nitrogen and oxygen atoms in total. The summed E-state index contributed by atoms with van der Waals surface area (Å²) in [6.07, 6.45) is 5.29. The number of carbonyl (C=O) groups excluding carboxylic acids is 2. The van der Waals surface area contributed by atoms with E-state index in [0.29, 0.717) is 43.0 Å². The third-order valence-electron chi connectivity index (χ3n) is 8.28. The number of nitro benzene ring substituents is 1. The van der Waals surface area contributed by atoms with Crippen molar-refractivity contribution in [3.63, 3.8) is 0 Å². The summed E-state index contributed by atoms with van der Waals surface area (Å²) in [6.45, 7) is 11.6. The molecule has 2 bridgehead atoms. The van der Waals surface area contributed by atoms with Crippen LogP contribution in [0.3, 0.4) is 0 Å². The summed E-state index contributed by atoms with van der Waals surface area (Å²) in [5.41, 5.74) is 2.25. The first kappa shape index (κ1) is 24.4. The predicted octanol–water partition coefficient (Wildman–Crippen LogP) is 3.58. The molecule has 4 aliphatic rings. The summed E-state index contributed by atoms with van der Waals surface area (Å²) in [7, 11) is 0. The molecule has 1 saturated carbocycles. The first-order valence-corrected chi connectivity index (χ1v) is 12.4. The van der Waals surface area contributed by atoms with Crippen molar-refractivity contribution in [3.8, 4) is 0 Å². The van der Waals surface area contributed by atoms with Gasteiger partial charge in [0, 0.05) is 69.9 Å². The van der Waals surface area contributed by atoms with Crippen LogP contribution in [0.5, 0.6) is 0 Å². The number of allylic oxidation sites excluding steroid dienone is 1. The Bertz CT molecular complexity index is 964. The number of non-ortho nitro benzene ring substituents is 1. The van der Waals surface area contributed by atoms with E-state index in [1.807, 2.05) is 11.8 Å². The summed E-state index contributed by atoms with van der Waals surface area (Å²) in [5.74, 6) is 1.50. The van der Waals surface area contributed by atoms with Crippen molar-refractivity contribution in [3.05, 3.63) is 51.6 Å². The van der Waals surface area contributed by atoms with E-state index in [9.17, 15) is 19.7 Å². The van der Waals surface area contributed by atoms with Crippen LogP contribution in [-0.2, 0) is 4.79 Å². The Labute approximate surface area is 201 Å². The van der Waals surface area contributed by atoms with E-state index in [0.717, 1.165) is 38.5 Å². The Kier molecular flexibility index (Phi) is 7.07. The molecule has 2 unspecified atom stereocenters. The molecule has 1 heterocycles. The maximum atomic E-state index is 12.8. The average Bonchev–Trinajstić information content (AvgIpc) is 2.85. The molecule has 5 rings (SSSR count).